The number of benzene rings is 1. The maximum absolute atomic E-state index is 11.9. The Bertz CT molecular complexity index is 479. The Morgan fingerprint density at radius 2 is 1.95 bits per heavy atom. The first-order valence-electron chi connectivity index (χ1n) is 8.01. The Hall–Kier alpha value is -1.91. The molecule has 1 aliphatic rings. The van der Waals surface area contributed by atoms with Crippen molar-refractivity contribution in [3.8, 4) is 11.5 Å². The van der Waals surface area contributed by atoms with Gasteiger partial charge in [-0.3, -0.25) is 0 Å². The zero-order valence-electron chi connectivity index (χ0n) is 13.4. The van der Waals surface area contributed by atoms with Gasteiger partial charge in [0.25, 0.3) is 0 Å². The molecule has 5 heteroatoms. The molecule has 122 valence electrons. The Balaban J connectivity index is 1.66. The third-order valence-electron chi connectivity index (χ3n) is 4.14. The van der Waals surface area contributed by atoms with Gasteiger partial charge in [-0.05, 0) is 30.9 Å². The Morgan fingerprint density at radius 1 is 1.23 bits per heavy atom. The van der Waals surface area contributed by atoms with Crippen LogP contribution < -0.4 is 20.1 Å². The van der Waals surface area contributed by atoms with Crippen molar-refractivity contribution >= 4 is 6.03 Å². The predicted molar refractivity (Wildman–Crippen MR) is 86.4 cm³/mol. The van der Waals surface area contributed by atoms with Crippen LogP contribution in [0, 0.1) is 5.92 Å². The van der Waals surface area contributed by atoms with Crippen LogP contribution in [0.15, 0.2) is 24.3 Å². The van der Waals surface area contributed by atoms with Gasteiger partial charge in [-0.15, -0.1) is 0 Å². The Labute approximate surface area is 132 Å². The molecule has 22 heavy (non-hydrogen) atoms. The van der Waals surface area contributed by atoms with Gasteiger partial charge in [0, 0.05) is 6.04 Å². The van der Waals surface area contributed by atoms with E-state index in [1.807, 2.05) is 24.3 Å². The highest BCUT2D eigenvalue weighted by Gasteiger charge is 2.22. The molecule has 2 rings (SSSR count). The highest BCUT2D eigenvalue weighted by molar-refractivity contribution is 5.74. The van der Waals surface area contributed by atoms with Gasteiger partial charge < -0.3 is 20.1 Å². The van der Waals surface area contributed by atoms with Gasteiger partial charge in [0.1, 0.15) is 6.61 Å². The van der Waals surface area contributed by atoms with Gasteiger partial charge in [-0.25, -0.2) is 4.79 Å². The normalized spacial score (nSPS) is 21.0. The van der Waals surface area contributed by atoms with Gasteiger partial charge in [0.2, 0.25) is 0 Å². The fraction of sp³-hybridized carbons (Fsp3) is 0.588. The molecule has 2 amide bonds. The van der Waals surface area contributed by atoms with E-state index in [-0.39, 0.29) is 6.03 Å². The minimum absolute atomic E-state index is 0.109. The number of rotatable bonds is 6. The number of ether oxygens (including phenoxy) is 2. The summed E-state index contributed by atoms with van der Waals surface area (Å²) in [6, 6.07) is 7.67. The second kappa shape index (κ2) is 8.51. The smallest absolute Gasteiger partial charge is 0.315 e. The van der Waals surface area contributed by atoms with Crippen LogP contribution in [0.2, 0.25) is 0 Å². The molecule has 0 radical (unpaired) electrons. The third kappa shape index (κ3) is 4.83. The number of urea groups is 1. The highest BCUT2D eigenvalue weighted by Crippen LogP contribution is 2.25. The molecule has 1 aromatic carbocycles. The van der Waals surface area contributed by atoms with E-state index >= 15 is 0 Å². The summed E-state index contributed by atoms with van der Waals surface area (Å²) in [4.78, 5) is 11.9. The number of nitrogens with one attached hydrogen (secondary N) is 2. The van der Waals surface area contributed by atoms with E-state index in [0.717, 1.165) is 6.42 Å². The molecule has 5 nitrogen and oxygen atoms in total. The molecule has 1 aliphatic carbocycles. The van der Waals surface area contributed by atoms with Crippen LogP contribution in [0.3, 0.4) is 0 Å². The van der Waals surface area contributed by atoms with Crippen LogP contribution >= 0.6 is 0 Å². The summed E-state index contributed by atoms with van der Waals surface area (Å²) < 4.78 is 10.8. The summed E-state index contributed by atoms with van der Waals surface area (Å²) in [6.45, 7) is 3.08. The molecule has 0 saturated heterocycles. The molecule has 0 aliphatic heterocycles. The van der Waals surface area contributed by atoms with Crippen LogP contribution in [0.1, 0.15) is 32.6 Å². The van der Waals surface area contributed by atoms with Crippen LogP contribution in [-0.2, 0) is 0 Å². The van der Waals surface area contributed by atoms with E-state index < -0.39 is 0 Å². The molecule has 0 bridgehead atoms. The van der Waals surface area contributed by atoms with Crippen LogP contribution in [-0.4, -0.2) is 32.3 Å². The van der Waals surface area contributed by atoms with Gasteiger partial charge >= 0.3 is 6.03 Å². The van der Waals surface area contributed by atoms with Crippen molar-refractivity contribution in [2.45, 2.75) is 38.6 Å². The summed E-state index contributed by atoms with van der Waals surface area (Å²) in [5.41, 5.74) is 0. The number of amides is 2. The number of hydrogen-bond donors (Lipinski definition) is 2. The quantitative estimate of drug-likeness (QED) is 0.794. The maximum Gasteiger partial charge on any atom is 0.315 e. The summed E-state index contributed by atoms with van der Waals surface area (Å²) in [6.07, 6.45) is 4.74. The average Bonchev–Trinajstić information content (AvgIpc) is 2.54. The average molecular weight is 306 g/mol. The van der Waals surface area contributed by atoms with E-state index in [1.54, 1.807) is 7.11 Å². The number of methoxy groups -OCH3 is 1. The van der Waals surface area contributed by atoms with Crippen LogP contribution in [0.25, 0.3) is 0 Å². The molecule has 0 heterocycles. The topological polar surface area (TPSA) is 59.6 Å². The lowest BCUT2D eigenvalue weighted by Gasteiger charge is -2.29. The molecule has 0 spiro atoms. The summed E-state index contributed by atoms with van der Waals surface area (Å²) in [5, 5.41) is 5.90. The van der Waals surface area contributed by atoms with Crippen molar-refractivity contribution in [2.24, 2.45) is 5.92 Å². The minimum atomic E-state index is -0.109. The zero-order chi connectivity index (χ0) is 15.8. The second-order valence-corrected chi connectivity index (χ2v) is 5.77. The molecule has 1 aromatic rings. The zero-order valence-corrected chi connectivity index (χ0v) is 13.4. The van der Waals surface area contributed by atoms with Crippen molar-refractivity contribution in [1.82, 2.24) is 10.6 Å². The van der Waals surface area contributed by atoms with E-state index in [9.17, 15) is 4.79 Å². The number of carbonyl (C=O) groups excluding carboxylic acids is 1. The summed E-state index contributed by atoms with van der Waals surface area (Å²) >= 11 is 0. The van der Waals surface area contributed by atoms with Crippen molar-refractivity contribution in [3.05, 3.63) is 24.3 Å². The molecule has 2 atom stereocenters. The van der Waals surface area contributed by atoms with Crippen molar-refractivity contribution in [3.63, 3.8) is 0 Å². The fourth-order valence-corrected chi connectivity index (χ4v) is 2.81. The number of para-hydroxylation sites is 2. The molecule has 0 unspecified atom stereocenters. The first-order chi connectivity index (χ1) is 10.7. The summed E-state index contributed by atoms with van der Waals surface area (Å²) in [7, 11) is 1.61. The van der Waals surface area contributed by atoms with E-state index in [0.29, 0.717) is 36.6 Å². The summed E-state index contributed by atoms with van der Waals surface area (Å²) in [5.74, 6) is 1.94. The maximum atomic E-state index is 11.9. The molecular formula is C17H26N2O3. The number of hydrogen-bond acceptors (Lipinski definition) is 3. The van der Waals surface area contributed by atoms with Gasteiger partial charge in [0.05, 0.1) is 13.7 Å². The number of carbonyl (C=O) groups is 1. The molecule has 1 fully saturated rings. The lowest BCUT2D eigenvalue weighted by molar-refractivity contribution is 0.218. The lowest BCUT2D eigenvalue weighted by Crippen LogP contribution is -2.46. The molecular weight excluding hydrogens is 280 g/mol. The van der Waals surface area contributed by atoms with Crippen molar-refractivity contribution < 1.29 is 14.3 Å². The lowest BCUT2D eigenvalue weighted by atomic mass is 9.86. The molecule has 0 aromatic heterocycles. The SMILES string of the molecule is COc1ccccc1OCCNC(=O)N[C@H]1CCCC[C@@H]1C. The van der Waals surface area contributed by atoms with Gasteiger partial charge in [-0.2, -0.15) is 0 Å². The van der Waals surface area contributed by atoms with Gasteiger partial charge in [0.15, 0.2) is 11.5 Å². The third-order valence-corrected chi connectivity index (χ3v) is 4.14. The van der Waals surface area contributed by atoms with E-state index in [1.165, 1.54) is 19.3 Å². The Morgan fingerprint density at radius 3 is 2.68 bits per heavy atom. The minimum Gasteiger partial charge on any atom is -0.493 e. The van der Waals surface area contributed by atoms with E-state index in [2.05, 4.69) is 17.6 Å². The highest BCUT2D eigenvalue weighted by atomic mass is 16.5. The second-order valence-electron chi connectivity index (χ2n) is 5.77. The molecule has 1 saturated carbocycles. The van der Waals surface area contributed by atoms with Crippen LogP contribution in [0.5, 0.6) is 11.5 Å². The van der Waals surface area contributed by atoms with Crippen molar-refractivity contribution in [2.75, 3.05) is 20.3 Å². The Kier molecular flexibility index (Phi) is 6.37. The first kappa shape index (κ1) is 16.5. The van der Waals surface area contributed by atoms with Crippen molar-refractivity contribution in [1.29, 1.82) is 0 Å². The molecule has 2 N–H and O–H groups in total. The first-order valence-corrected chi connectivity index (χ1v) is 8.01. The van der Waals surface area contributed by atoms with Gasteiger partial charge in [-0.1, -0.05) is 31.9 Å². The standard InChI is InChI=1S/C17H26N2O3/c1-13-7-3-4-8-14(13)19-17(20)18-11-12-22-16-10-6-5-9-15(16)21-2/h5-6,9-10,13-14H,3-4,7-8,11-12H2,1-2H3,(H2,18,19,20)/t13-,14-/m0/s1. The predicted octanol–water partition coefficient (Wildman–Crippen LogP) is 2.95. The van der Waals surface area contributed by atoms with E-state index in [4.69, 9.17) is 9.47 Å². The fourth-order valence-electron chi connectivity index (χ4n) is 2.81. The van der Waals surface area contributed by atoms with Crippen LogP contribution in [0.4, 0.5) is 4.79 Å². The largest absolute Gasteiger partial charge is 0.493 e. The monoisotopic (exact) mass is 306 g/mol.